The Morgan fingerprint density at radius 2 is 1.12 bits per heavy atom. The average molecular weight is 765 g/mol. The lowest BCUT2D eigenvalue weighted by Crippen LogP contribution is -2.33. The molecule has 0 fully saturated rings. The van der Waals surface area contributed by atoms with Gasteiger partial charge in [-0.3, -0.25) is 0 Å². The molecule has 1 atom stereocenters. The fourth-order valence-corrected chi connectivity index (χ4v) is 11.1. The van der Waals surface area contributed by atoms with Crippen LogP contribution in [0.5, 0.6) is 0 Å². The fourth-order valence-electron chi connectivity index (χ4n) is 8.74. The van der Waals surface area contributed by atoms with Crippen molar-refractivity contribution >= 4 is 96.5 Å². The molecule has 3 aromatic heterocycles. The normalized spacial score (nSPS) is 14.5. The zero-order chi connectivity index (χ0) is 37.5. The zero-order valence-electron chi connectivity index (χ0n) is 30.6. The first-order valence-corrected chi connectivity index (χ1v) is 20.8. The second-order valence-electron chi connectivity index (χ2n) is 14.5. The summed E-state index contributed by atoms with van der Waals surface area (Å²) >= 11 is 3.66. The number of thiophene rings is 2. The van der Waals surface area contributed by atoms with Gasteiger partial charge in [-0.2, -0.15) is 0 Å². The highest BCUT2D eigenvalue weighted by molar-refractivity contribution is 7.26. The minimum absolute atomic E-state index is 0.289. The maximum absolute atomic E-state index is 5.34. The van der Waals surface area contributed by atoms with E-state index in [1.165, 1.54) is 73.3 Å². The molecule has 4 nitrogen and oxygen atoms in total. The van der Waals surface area contributed by atoms with Crippen LogP contribution < -0.4 is 5.32 Å². The van der Waals surface area contributed by atoms with Crippen molar-refractivity contribution in [2.24, 2.45) is 9.98 Å². The van der Waals surface area contributed by atoms with E-state index >= 15 is 0 Å². The van der Waals surface area contributed by atoms with E-state index in [9.17, 15) is 0 Å². The highest BCUT2D eigenvalue weighted by Crippen LogP contribution is 2.45. The number of rotatable bonds is 5. The summed E-state index contributed by atoms with van der Waals surface area (Å²) in [7, 11) is 0. The van der Waals surface area contributed by atoms with Crippen molar-refractivity contribution in [1.29, 1.82) is 0 Å². The molecule has 0 bridgehead atoms. The third kappa shape index (κ3) is 5.11. The molecule has 11 aromatic rings. The summed E-state index contributed by atoms with van der Waals surface area (Å²) in [4.78, 5) is 10.6. The third-order valence-electron chi connectivity index (χ3n) is 11.3. The van der Waals surface area contributed by atoms with Crippen LogP contribution in [0, 0.1) is 0 Å². The van der Waals surface area contributed by atoms with Gasteiger partial charge in [0, 0.05) is 67.9 Å². The van der Waals surface area contributed by atoms with Crippen LogP contribution >= 0.6 is 22.7 Å². The number of para-hydroxylation sites is 2. The number of hydrogen-bond donors (Lipinski definition) is 1. The highest BCUT2D eigenvalue weighted by Gasteiger charge is 2.24. The summed E-state index contributed by atoms with van der Waals surface area (Å²) in [5, 5.41) is 11.3. The van der Waals surface area contributed by atoms with E-state index in [-0.39, 0.29) is 6.17 Å². The molecule has 1 unspecified atom stereocenters. The molecule has 0 amide bonds. The first-order valence-electron chi connectivity index (χ1n) is 19.2. The van der Waals surface area contributed by atoms with Crippen LogP contribution in [0.3, 0.4) is 0 Å². The molecular weight excluding hydrogens is 733 g/mol. The number of aliphatic imine (C=N–C) groups is 2. The summed E-state index contributed by atoms with van der Waals surface area (Å²) in [5.41, 5.74) is 9.21. The summed E-state index contributed by atoms with van der Waals surface area (Å²) in [6, 6.07) is 65.4. The molecule has 268 valence electrons. The van der Waals surface area contributed by atoms with Gasteiger partial charge in [-0.05, 0) is 77.4 Å². The number of nitrogens with zero attached hydrogens (tertiary/aromatic N) is 3. The third-order valence-corrected chi connectivity index (χ3v) is 13.6. The smallest absolute Gasteiger partial charge is 0.160 e. The van der Waals surface area contributed by atoms with E-state index in [1.807, 2.05) is 22.7 Å². The van der Waals surface area contributed by atoms with Gasteiger partial charge in [-0.25, -0.2) is 9.98 Å². The monoisotopic (exact) mass is 764 g/mol. The number of nitrogens with one attached hydrogen (secondary N) is 1. The Morgan fingerprint density at radius 3 is 2.00 bits per heavy atom. The van der Waals surface area contributed by atoms with Crippen LogP contribution in [-0.2, 0) is 0 Å². The minimum atomic E-state index is -0.289. The largest absolute Gasteiger partial charge is 0.344 e. The molecule has 0 saturated heterocycles. The van der Waals surface area contributed by atoms with E-state index in [0.717, 1.165) is 34.0 Å². The lowest BCUT2D eigenvalue weighted by atomic mass is 9.95. The van der Waals surface area contributed by atoms with Crippen LogP contribution in [0.1, 0.15) is 22.9 Å². The van der Waals surface area contributed by atoms with Gasteiger partial charge in [0.15, 0.2) is 5.84 Å². The van der Waals surface area contributed by atoms with Crippen LogP contribution in [-0.4, -0.2) is 16.2 Å². The lowest BCUT2D eigenvalue weighted by molar-refractivity contribution is 0.674. The fraction of sp³-hybridized carbons (Fsp3) is 0.0196. The van der Waals surface area contributed by atoms with Crippen LogP contribution in [0.25, 0.3) is 79.0 Å². The Balaban J connectivity index is 1.06. The Labute approximate surface area is 336 Å². The lowest BCUT2D eigenvalue weighted by Gasteiger charge is -2.24. The van der Waals surface area contributed by atoms with Gasteiger partial charge < -0.3 is 9.88 Å². The first kappa shape index (κ1) is 32.4. The molecule has 1 aliphatic heterocycles. The van der Waals surface area contributed by atoms with Gasteiger partial charge in [0.25, 0.3) is 0 Å². The molecule has 57 heavy (non-hydrogen) atoms. The number of benzene rings is 8. The second-order valence-corrected chi connectivity index (χ2v) is 16.7. The van der Waals surface area contributed by atoms with E-state index in [4.69, 9.17) is 9.98 Å². The van der Waals surface area contributed by atoms with Crippen LogP contribution in [0.4, 0.5) is 0 Å². The maximum Gasteiger partial charge on any atom is 0.160 e. The van der Waals surface area contributed by atoms with Gasteiger partial charge in [0.2, 0.25) is 0 Å². The van der Waals surface area contributed by atoms with Gasteiger partial charge in [-0.1, -0.05) is 121 Å². The second kappa shape index (κ2) is 12.8. The Hall–Kier alpha value is -6.86. The molecule has 0 aliphatic carbocycles. The van der Waals surface area contributed by atoms with Crippen molar-refractivity contribution in [2.45, 2.75) is 6.17 Å². The quantitative estimate of drug-likeness (QED) is 0.186. The molecule has 0 saturated carbocycles. The number of amidine groups is 2. The summed E-state index contributed by atoms with van der Waals surface area (Å²) in [6.45, 7) is 0. The molecule has 8 aromatic carbocycles. The number of fused-ring (bicyclic) bond motifs is 9. The standard InChI is InChI=1S/C51H32N4S2/c1-3-14-31(15-4-1)49-52-50(54-51(53-49)39-23-11-22-37-34-18-8-10-26-43(34)57-48(37)39)32-28-29-44-40(30-32)47-36(21-13-27-45(47)56-44)35-20-12-25-42-46(35)38-19-7-9-24-41(38)55(42)33-16-5-2-6-17-33/h1-30,49H,(H,52,53,54). The number of aromatic nitrogens is 1. The van der Waals surface area contributed by atoms with E-state index in [2.05, 4.69) is 192 Å². The Kier molecular flexibility index (Phi) is 7.30. The summed E-state index contributed by atoms with van der Waals surface area (Å²) in [6.07, 6.45) is -0.289. The molecular formula is C51H32N4S2. The molecule has 0 radical (unpaired) electrons. The molecule has 4 heterocycles. The Morgan fingerprint density at radius 1 is 0.474 bits per heavy atom. The van der Waals surface area contributed by atoms with E-state index in [0.29, 0.717) is 0 Å². The Bertz CT molecular complexity index is 3440. The first-order chi connectivity index (χ1) is 28.3. The van der Waals surface area contributed by atoms with Gasteiger partial charge in [0.05, 0.1) is 11.0 Å². The number of hydrogen-bond acceptors (Lipinski definition) is 5. The van der Waals surface area contributed by atoms with E-state index in [1.54, 1.807) is 0 Å². The average Bonchev–Trinajstić information content (AvgIpc) is 3.96. The predicted molar refractivity (Wildman–Crippen MR) is 244 cm³/mol. The van der Waals surface area contributed by atoms with Crippen LogP contribution in [0.15, 0.2) is 192 Å². The SMILES string of the molecule is c1ccc(C2N=C(c3cccc4c3sc3ccccc34)N=C(c3ccc4sc5cccc(-c6cccc7c6c6ccccc6n7-c6ccccc6)c5c4c3)N2)cc1. The molecule has 12 rings (SSSR count). The van der Waals surface area contributed by atoms with Crippen molar-refractivity contribution in [2.75, 3.05) is 0 Å². The van der Waals surface area contributed by atoms with Crippen LogP contribution in [0.2, 0.25) is 0 Å². The van der Waals surface area contributed by atoms with Crippen molar-refractivity contribution in [3.63, 3.8) is 0 Å². The molecule has 1 N–H and O–H groups in total. The highest BCUT2D eigenvalue weighted by atomic mass is 32.1. The zero-order valence-corrected chi connectivity index (χ0v) is 32.2. The topological polar surface area (TPSA) is 41.7 Å². The van der Waals surface area contributed by atoms with Crippen molar-refractivity contribution in [3.05, 3.63) is 199 Å². The van der Waals surface area contributed by atoms with Gasteiger partial charge in [0.1, 0.15) is 12.0 Å². The maximum atomic E-state index is 5.34. The van der Waals surface area contributed by atoms with Crippen molar-refractivity contribution < 1.29 is 0 Å². The van der Waals surface area contributed by atoms with E-state index < -0.39 is 0 Å². The van der Waals surface area contributed by atoms with Gasteiger partial charge in [-0.15, -0.1) is 22.7 Å². The van der Waals surface area contributed by atoms with Crippen molar-refractivity contribution in [3.8, 4) is 16.8 Å². The molecule has 6 heteroatoms. The summed E-state index contributed by atoms with van der Waals surface area (Å²) in [5.74, 6) is 1.56. The van der Waals surface area contributed by atoms with Gasteiger partial charge >= 0.3 is 0 Å². The molecule has 1 aliphatic rings. The minimum Gasteiger partial charge on any atom is -0.344 e. The summed E-state index contributed by atoms with van der Waals surface area (Å²) < 4.78 is 7.39. The molecule has 0 spiro atoms. The van der Waals surface area contributed by atoms with Crippen molar-refractivity contribution in [1.82, 2.24) is 9.88 Å². The predicted octanol–water partition coefficient (Wildman–Crippen LogP) is 13.7.